The van der Waals surface area contributed by atoms with Crippen molar-refractivity contribution in [2.45, 2.75) is 0 Å². The smallest absolute Gasteiger partial charge is 0.213 e. The van der Waals surface area contributed by atoms with Gasteiger partial charge in [0.1, 0.15) is 0 Å². The molecule has 0 aromatic carbocycles. The molecule has 8 heavy (non-hydrogen) atoms. The summed E-state index contributed by atoms with van der Waals surface area (Å²) in [6.07, 6.45) is 3.44. The van der Waals surface area contributed by atoms with Crippen molar-refractivity contribution in [1.29, 1.82) is 0 Å². The summed E-state index contributed by atoms with van der Waals surface area (Å²) in [5.74, 6) is 0. The van der Waals surface area contributed by atoms with E-state index in [9.17, 15) is 0 Å². The van der Waals surface area contributed by atoms with Gasteiger partial charge in [0.2, 0.25) is 5.29 Å². The first kappa shape index (κ1) is 5.92. The van der Waals surface area contributed by atoms with E-state index in [1.807, 2.05) is 6.08 Å². The van der Waals surface area contributed by atoms with Gasteiger partial charge in [-0.15, -0.1) is 0 Å². The highest BCUT2D eigenvalue weighted by Gasteiger charge is 2.04. The van der Waals surface area contributed by atoms with Crippen molar-refractivity contribution in [2.24, 2.45) is 4.99 Å². The number of nitrogens with zero attached hydrogens (tertiary/aromatic N) is 2. The fourth-order valence-corrected chi connectivity index (χ4v) is 0.641. The van der Waals surface area contributed by atoms with Crippen LogP contribution in [-0.2, 0) is 0 Å². The third-order valence-electron chi connectivity index (χ3n) is 0.752. The van der Waals surface area contributed by atoms with Crippen molar-refractivity contribution >= 4 is 28.7 Å². The highest BCUT2D eigenvalue weighted by atomic mass is 35.5. The summed E-state index contributed by atoms with van der Waals surface area (Å²) in [4.78, 5) is 3.71. The van der Waals surface area contributed by atoms with Gasteiger partial charge in [-0.1, -0.05) is 0 Å². The quantitative estimate of drug-likeness (QED) is 0.379. The summed E-state index contributed by atoms with van der Waals surface area (Å²) in [7, 11) is 0. The topological polar surface area (TPSA) is 15.6 Å². The predicted octanol–water partition coefficient (Wildman–Crippen LogP) is 1.56. The summed E-state index contributed by atoms with van der Waals surface area (Å²) >= 11 is 10.9. The molecule has 0 amide bonds. The number of hydrogen-bond acceptors (Lipinski definition) is 2. The molecule has 0 radical (unpaired) electrons. The molecule has 44 valence electrons. The lowest BCUT2D eigenvalue weighted by atomic mass is 10.6. The maximum absolute atomic E-state index is 5.49. The van der Waals surface area contributed by atoms with Crippen LogP contribution in [0.4, 0.5) is 0 Å². The van der Waals surface area contributed by atoms with Gasteiger partial charge >= 0.3 is 0 Å². The van der Waals surface area contributed by atoms with Gasteiger partial charge in [0.25, 0.3) is 0 Å². The van der Waals surface area contributed by atoms with Crippen LogP contribution in [0.15, 0.2) is 17.3 Å². The van der Waals surface area contributed by atoms with Crippen LogP contribution in [0, 0.1) is 0 Å². The lowest BCUT2D eigenvalue weighted by molar-refractivity contribution is 0.739. The molecule has 0 N–H and O–H groups in total. The number of halogens is 2. The van der Waals surface area contributed by atoms with Crippen LogP contribution < -0.4 is 0 Å². The molecule has 0 fully saturated rings. The second-order valence-corrected chi connectivity index (χ2v) is 2.07. The second kappa shape index (κ2) is 2.37. The first-order valence-corrected chi connectivity index (χ1v) is 2.84. The average Bonchev–Trinajstić information content (AvgIpc) is 1.77. The summed E-state index contributed by atoms with van der Waals surface area (Å²) in [6, 6.07) is 0. The minimum atomic E-state index is 0.328. The number of aliphatic imine (C=N–C) groups is 1. The van der Waals surface area contributed by atoms with E-state index in [-0.39, 0.29) is 0 Å². The Kier molecular flexibility index (Phi) is 1.76. The van der Waals surface area contributed by atoms with Gasteiger partial charge in [0, 0.05) is 18.0 Å². The minimum Gasteiger partial charge on any atom is -0.255 e. The van der Waals surface area contributed by atoms with Crippen molar-refractivity contribution in [1.82, 2.24) is 4.42 Å². The Morgan fingerprint density at radius 2 is 2.50 bits per heavy atom. The van der Waals surface area contributed by atoms with Crippen LogP contribution in [0.25, 0.3) is 0 Å². The van der Waals surface area contributed by atoms with Crippen molar-refractivity contribution in [2.75, 3.05) is 6.54 Å². The van der Waals surface area contributed by atoms with Gasteiger partial charge in [-0.2, -0.15) is 0 Å². The van der Waals surface area contributed by atoms with Gasteiger partial charge in [-0.3, -0.25) is 4.42 Å². The molecular formula is C4H4Cl2N2. The molecular weight excluding hydrogens is 147 g/mol. The molecule has 0 atom stereocenters. The maximum Gasteiger partial charge on any atom is 0.213 e. The standard InChI is InChI=1S/C4H4Cl2N2/c5-4-7-2-1-3-8(4)6/h1-2H,3H2. The number of amidine groups is 1. The summed E-state index contributed by atoms with van der Waals surface area (Å²) < 4.78 is 1.33. The van der Waals surface area contributed by atoms with Crippen LogP contribution in [0.1, 0.15) is 0 Å². The normalized spacial score (nSPS) is 18.8. The Morgan fingerprint density at radius 1 is 1.75 bits per heavy atom. The van der Waals surface area contributed by atoms with Crippen LogP contribution in [0.5, 0.6) is 0 Å². The van der Waals surface area contributed by atoms with Gasteiger partial charge < -0.3 is 0 Å². The van der Waals surface area contributed by atoms with Crippen molar-refractivity contribution in [3.8, 4) is 0 Å². The van der Waals surface area contributed by atoms with E-state index in [2.05, 4.69) is 4.99 Å². The molecule has 0 spiro atoms. The third-order valence-corrected chi connectivity index (χ3v) is 1.44. The molecule has 0 unspecified atom stereocenters. The van der Waals surface area contributed by atoms with Gasteiger partial charge in [0.05, 0.1) is 6.54 Å². The first-order valence-electron chi connectivity index (χ1n) is 2.12. The largest absolute Gasteiger partial charge is 0.255 e. The molecule has 0 aromatic rings. The van der Waals surface area contributed by atoms with Crippen LogP contribution in [-0.4, -0.2) is 16.3 Å². The molecule has 4 heteroatoms. The first-order chi connectivity index (χ1) is 3.80. The SMILES string of the molecule is ClC1=NC=CCN1Cl. The number of rotatable bonds is 0. The Bertz CT molecular complexity index is 141. The molecule has 0 saturated carbocycles. The third kappa shape index (κ3) is 1.14. The van der Waals surface area contributed by atoms with E-state index in [0.29, 0.717) is 11.8 Å². The van der Waals surface area contributed by atoms with E-state index in [4.69, 9.17) is 23.4 Å². The fourth-order valence-electron chi connectivity index (χ4n) is 0.392. The molecule has 1 heterocycles. The van der Waals surface area contributed by atoms with E-state index in [0.717, 1.165) is 0 Å². The van der Waals surface area contributed by atoms with Crippen LogP contribution in [0.3, 0.4) is 0 Å². The van der Waals surface area contributed by atoms with E-state index in [1.165, 1.54) is 4.42 Å². The summed E-state index contributed by atoms with van der Waals surface area (Å²) in [5, 5.41) is 0.328. The van der Waals surface area contributed by atoms with E-state index < -0.39 is 0 Å². The predicted molar refractivity (Wildman–Crippen MR) is 35.0 cm³/mol. The zero-order valence-corrected chi connectivity index (χ0v) is 5.52. The highest BCUT2D eigenvalue weighted by molar-refractivity contribution is 6.67. The molecule has 1 rings (SSSR count). The van der Waals surface area contributed by atoms with Crippen molar-refractivity contribution < 1.29 is 0 Å². The number of hydrogen-bond donors (Lipinski definition) is 0. The molecule has 1 aliphatic rings. The minimum absolute atomic E-state index is 0.328. The molecule has 2 nitrogen and oxygen atoms in total. The molecule has 0 aromatic heterocycles. The van der Waals surface area contributed by atoms with Gasteiger partial charge in [-0.25, -0.2) is 4.99 Å². The van der Waals surface area contributed by atoms with Crippen molar-refractivity contribution in [3.05, 3.63) is 12.3 Å². The van der Waals surface area contributed by atoms with Crippen LogP contribution >= 0.6 is 23.4 Å². The lowest BCUT2D eigenvalue weighted by Gasteiger charge is -2.11. The Morgan fingerprint density at radius 3 is 2.88 bits per heavy atom. The lowest BCUT2D eigenvalue weighted by Crippen LogP contribution is -2.18. The molecule has 0 aliphatic carbocycles. The maximum atomic E-state index is 5.49. The summed E-state index contributed by atoms with van der Waals surface area (Å²) in [6.45, 7) is 0.629. The van der Waals surface area contributed by atoms with E-state index in [1.54, 1.807) is 6.20 Å². The summed E-state index contributed by atoms with van der Waals surface area (Å²) in [5.41, 5.74) is 0. The zero-order chi connectivity index (χ0) is 5.98. The second-order valence-electron chi connectivity index (χ2n) is 1.33. The van der Waals surface area contributed by atoms with E-state index >= 15 is 0 Å². The Labute approximate surface area is 57.5 Å². The highest BCUT2D eigenvalue weighted by Crippen LogP contribution is 2.05. The zero-order valence-electron chi connectivity index (χ0n) is 4.01. The monoisotopic (exact) mass is 150 g/mol. The molecule has 0 saturated heterocycles. The molecule has 0 bridgehead atoms. The Balaban J connectivity index is 2.66. The Hall–Kier alpha value is -0.210. The van der Waals surface area contributed by atoms with Crippen LogP contribution in [0.2, 0.25) is 0 Å². The van der Waals surface area contributed by atoms with Gasteiger partial charge in [-0.05, 0) is 17.7 Å². The van der Waals surface area contributed by atoms with Gasteiger partial charge in [0.15, 0.2) is 0 Å². The molecule has 1 aliphatic heterocycles. The fraction of sp³-hybridized carbons (Fsp3) is 0.250. The van der Waals surface area contributed by atoms with Crippen molar-refractivity contribution in [3.63, 3.8) is 0 Å². The average molecular weight is 151 g/mol.